The molecule has 0 saturated heterocycles. The summed E-state index contributed by atoms with van der Waals surface area (Å²) in [6.45, 7) is 0.264. The van der Waals surface area contributed by atoms with Gasteiger partial charge in [0.05, 0.1) is 17.4 Å². The molecule has 0 bridgehead atoms. The van der Waals surface area contributed by atoms with Gasteiger partial charge in [0.1, 0.15) is 0 Å². The van der Waals surface area contributed by atoms with Crippen LogP contribution in [-0.4, -0.2) is 18.0 Å². The minimum Gasteiger partial charge on any atom is -0.454 e. The molecule has 0 unspecified atom stereocenters. The van der Waals surface area contributed by atoms with Gasteiger partial charge in [-0.3, -0.25) is 10.4 Å². The summed E-state index contributed by atoms with van der Waals surface area (Å²) in [5, 5.41) is 5.89. The zero-order chi connectivity index (χ0) is 15.6. The van der Waals surface area contributed by atoms with Crippen LogP contribution in [0.3, 0.4) is 0 Å². The number of hydrogen-bond donors (Lipinski definition) is 1. The zero-order valence-electron chi connectivity index (χ0n) is 12.0. The number of aromatic nitrogens is 1. The number of halogens is 1. The third-order valence-corrected chi connectivity index (χ3v) is 3.74. The van der Waals surface area contributed by atoms with Crippen molar-refractivity contribution in [2.75, 3.05) is 12.2 Å². The Labute approximate surface area is 137 Å². The molecule has 5 nitrogen and oxygen atoms in total. The summed E-state index contributed by atoms with van der Waals surface area (Å²) in [7, 11) is 0. The fourth-order valence-electron chi connectivity index (χ4n) is 2.39. The van der Waals surface area contributed by atoms with Crippen LogP contribution in [0.2, 0.25) is 5.02 Å². The molecular weight excluding hydrogens is 314 g/mol. The van der Waals surface area contributed by atoms with E-state index in [0.717, 1.165) is 33.7 Å². The molecule has 114 valence electrons. The summed E-state index contributed by atoms with van der Waals surface area (Å²) < 4.78 is 10.6. The number of hydrazone groups is 1. The van der Waals surface area contributed by atoms with Crippen LogP contribution >= 0.6 is 11.6 Å². The van der Waals surface area contributed by atoms with Crippen molar-refractivity contribution >= 4 is 34.4 Å². The second kappa shape index (κ2) is 5.78. The second-order valence-electron chi connectivity index (χ2n) is 5.00. The maximum Gasteiger partial charge on any atom is 0.231 e. The van der Waals surface area contributed by atoms with Crippen molar-refractivity contribution in [1.82, 2.24) is 4.98 Å². The Morgan fingerprint density at radius 3 is 2.96 bits per heavy atom. The number of anilines is 1. The Hall–Kier alpha value is -2.79. The van der Waals surface area contributed by atoms with E-state index < -0.39 is 0 Å². The molecule has 2 aromatic carbocycles. The minimum atomic E-state index is 0.264. The van der Waals surface area contributed by atoms with Gasteiger partial charge in [-0.25, -0.2) is 0 Å². The Morgan fingerprint density at radius 1 is 1.09 bits per heavy atom. The standard InChI is InChI=1S/C17H12ClN3O2/c18-12-2-3-13-14(5-6-19-15(13)8-12)21-20-9-11-1-4-16-17(7-11)23-10-22-16/h1-9H,10H2,(H,19,21)/b20-9+. The number of ether oxygens (including phenoxy) is 2. The highest BCUT2D eigenvalue weighted by molar-refractivity contribution is 6.31. The van der Waals surface area contributed by atoms with Gasteiger partial charge in [-0.1, -0.05) is 11.6 Å². The van der Waals surface area contributed by atoms with Crippen molar-refractivity contribution in [3.8, 4) is 11.5 Å². The molecular formula is C17H12ClN3O2. The van der Waals surface area contributed by atoms with Crippen LogP contribution in [0.4, 0.5) is 5.69 Å². The van der Waals surface area contributed by atoms with Gasteiger partial charge in [-0.15, -0.1) is 0 Å². The lowest BCUT2D eigenvalue weighted by atomic mass is 10.2. The van der Waals surface area contributed by atoms with Gasteiger partial charge in [-0.2, -0.15) is 5.10 Å². The smallest absolute Gasteiger partial charge is 0.231 e. The lowest BCUT2D eigenvalue weighted by Gasteiger charge is -2.05. The molecule has 0 saturated carbocycles. The van der Waals surface area contributed by atoms with Crippen molar-refractivity contribution < 1.29 is 9.47 Å². The van der Waals surface area contributed by atoms with Gasteiger partial charge in [0.2, 0.25) is 6.79 Å². The molecule has 0 aliphatic carbocycles. The van der Waals surface area contributed by atoms with Gasteiger partial charge in [-0.05, 0) is 48.0 Å². The van der Waals surface area contributed by atoms with Crippen LogP contribution in [0.1, 0.15) is 5.56 Å². The summed E-state index contributed by atoms with van der Waals surface area (Å²) in [5.41, 5.74) is 5.64. The predicted octanol–water partition coefficient (Wildman–Crippen LogP) is 4.06. The Balaban J connectivity index is 1.57. The first-order valence-corrected chi connectivity index (χ1v) is 7.40. The number of pyridine rings is 1. The first-order valence-electron chi connectivity index (χ1n) is 7.02. The van der Waals surface area contributed by atoms with Crippen LogP contribution in [0.5, 0.6) is 11.5 Å². The number of benzene rings is 2. The molecule has 23 heavy (non-hydrogen) atoms. The lowest BCUT2D eigenvalue weighted by molar-refractivity contribution is 0.174. The van der Waals surface area contributed by atoms with Crippen LogP contribution in [-0.2, 0) is 0 Å². The fraction of sp³-hybridized carbons (Fsp3) is 0.0588. The normalized spacial score (nSPS) is 12.9. The third-order valence-electron chi connectivity index (χ3n) is 3.50. The van der Waals surface area contributed by atoms with Gasteiger partial charge >= 0.3 is 0 Å². The van der Waals surface area contributed by atoms with Crippen molar-refractivity contribution in [3.63, 3.8) is 0 Å². The molecule has 1 N–H and O–H groups in total. The zero-order valence-corrected chi connectivity index (χ0v) is 12.7. The Morgan fingerprint density at radius 2 is 2.00 bits per heavy atom. The lowest BCUT2D eigenvalue weighted by Crippen LogP contribution is -1.93. The topological polar surface area (TPSA) is 55.7 Å². The quantitative estimate of drug-likeness (QED) is 0.582. The largest absolute Gasteiger partial charge is 0.454 e. The van der Waals surface area contributed by atoms with E-state index in [4.69, 9.17) is 21.1 Å². The second-order valence-corrected chi connectivity index (χ2v) is 5.44. The fourth-order valence-corrected chi connectivity index (χ4v) is 2.55. The summed E-state index contributed by atoms with van der Waals surface area (Å²) in [6, 6.07) is 13.1. The van der Waals surface area contributed by atoms with E-state index in [1.807, 2.05) is 42.5 Å². The molecule has 0 atom stereocenters. The molecule has 2 heterocycles. The summed E-state index contributed by atoms with van der Waals surface area (Å²) in [4.78, 5) is 4.30. The highest BCUT2D eigenvalue weighted by Gasteiger charge is 2.12. The number of hydrogen-bond acceptors (Lipinski definition) is 5. The minimum absolute atomic E-state index is 0.264. The molecule has 0 radical (unpaired) electrons. The molecule has 0 amide bonds. The molecule has 6 heteroatoms. The van der Waals surface area contributed by atoms with Gasteiger partial charge < -0.3 is 9.47 Å². The van der Waals surface area contributed by atoms with E-state index in [1.165, 1.54) is 0 Å². The van der Waals surface area contributed by atoms with E-state index in [9.17, 15) is 0 Å². The summed E-state index contributed by atoms with van der Waals surface area (Å²) in [6.07, 6.45) is 3.45. The van der Waals surface area contributed by atoms with Gasteiger partial charge in [0, 0.05) is 16.6 Å². The van der Waals surface area contributed by atoms with Crippen LogP contribution in [0.15, 0.2) is 53.8 Å². The van der Waals surface area contributed by atoms with Crippen LogP contribution < -0.4 is 14.9 Å². The molecule has 0 spiro atoms. The maximum atomic E-state index is 5.99. The molecule has 1 aromatic heterocycles. The van der Waals surface area contributed by atoms with Crippen molar-refractivity contribution in [2.45, 2.75) is 0 Å². The van der Waals surface area contributed by atoms with E-state index >= 15 is 0 Å². The number of nitrogens with one attached hydrogen (secondary N) is 1. The molecule has 4 rings (SSSR count). The van der Waals surface area contributed by atoms with Crippen molar-refractivity contribution in [3.05, 3.63) is 59.2 Å². The average Bonchev–Trinajstić information content (AvgIpc) is 3.02. The summed E-state index contributed by atoms with van der Waals surface area (Å²) >= 11 is 5.99. The Bertz CT molecular complexity index is 911. The number of rotatable bonds is 3. The van der Waals surface area contributed by atoms with E-state index in [1.54, 1.807) is 12.4 Å². The van der Waals surface area contributed by atoms with Gasteiger partial charge in [0.25, 0.3) is 0 Å². The number of nitrogens with zero attached hydrogens (tertiary/aromatic N) is 2. The van der Waals surface area contributed by atoms with Crippen LogP contribution in [0.25, 0.3) is 10.9 Å². The summed E-state index contributed by atoms with van der Waals surface area (Å²) in [5.74, 6) is 1.49. The monoisotopic (exact) mass is 325 g/mol. The molecule has 0 fully saturated rings. The van der Waals surface area contributed by atoms with E-state index in [-0.39, 0.29) is 6.79 Å². The predicted molar refractivity (Wildman–Crippen MR) is 90.5 cm³/mol. The van der Waals surface area contributed by atoms with Gasteiger partial charge in [0.15, 0.2) is 11.5 Å². The van der Waals surface area contributed by atoms with E-state index in [0.29, 0.717) is 5.02 Å². The van der Waals surface area contributed by atoms with Crippen molar-refractivity contribution in [2.24, 2.45) is 5.10 Å². The first kappa shape index (κ1) is 13.8. The Kier molecular flexibility index (Phi) is 3.48. The average molecular weight is 326 g/mol. The number of fused-ring (bicyclic) bond motifs is 2. The molecule has 1 aliphatic rings. The highest BCUT2D eigenvalue weighted by Crippen LogP contribution is 2.32. The molecule has 3 aromatic rings. The van der Waals surface area contributed by atoms with Crippen LogP contribution in [0, 0.1) is 0 Å². The highest BCUT2D eigenvalue weighted by atomic mass is 35.5. The first-order chi connectivity index (χ1) is 11.3. The van der Waals surface area contributed by atoms with E-state index in [2.05, 4.69) is 15.5 Å². The maximum absolute atomic E-state index is 5.99. The third kappa shape index (κ3) is 2.78. The molecule has 1 aliphatic heterocycles. The SMILES string of the molecule is Clc1ccc2c(N/N=C/c3ccc4c(c3)OCO4)ccnc2c1. The van der Waals surface area contributed by atoms with Crippen molar-refractivity contribution in [1.29, 1.82) is 0 Å².